The minimum absolute atomic E-state index is 0.00908. The van der Waals surface area contributed by atoms with Crippen LogP contribution in [0.3, 0.4) is 0 Å². The zero-order valence-corrected chi connectivity index (χ0v) is 11.9. The highest BCUT2D eigenvalue weighted by Crippen LogP contribution is 2.25. The number of halogens is 1. The van der Waals surface area contributed by atoms with Crippen LogP contribution >= 0.6 is 0 Å². The predicted molar refractivity (Wildman–Crippen MR) is 73.3 cm³/mol. The van der Waals surface area contributed by atoms with Crippen molar-refractivity contribution in [3.05, 3.63) is 48.0 Å². The van der Waals surface area contributed by atoms with E-state index in [0.717, 1.165) is 4.31 Å². The van der Waals surface area contributed by atoms with Crippen LogP contribution in [-0.2, 0) is 23.7 Å². The van der Waals surface area contributed by atoms with Crippen molar-refractivity contribution < 1.29 is 17.9 Å². The molecule has 0 fully saturated rings. The van der Waals surface area contributed by atoms with Crippen LogP contribution in [-0.4, -0.2) is 25.1 Å². The van der Waals surface area contributed by atoms with Crippen molar-refractivity contribution in [2.45, 2.75) is 11.5 Å². The Hall–Kier alpha value is -1.86. The number of aliphatic hydroxyl groups excluding tert-OH is 1. The second-order valence-corrected chi connectivity index (χ2v) is 6.33. The summed E-state index contributed by atoms with van der Waals surface area (Å²) in [4.78, 5) is 0.00908. The van der Waals surface area contributed by atoms with Crippen LogP contribution in [0.1, 0.15) is 5.69 Å². The summed E-state index contributed by atoms with van der Waals surface area (Å²) < 4.78 is 41.0. The number of hydrogen-bond donors (Lipinski definition) is 1. The Bertz CT molecular complexity index is 725. The average Bonchev–Trinajstić information content (AvgIpc) is 2.80. The molecule has 2 aromatic rings. The van der Waals surface area contributed by atoms with Gasteiger partial charge in [0.1, 0.15) is 10.7 Å². The minimum Gasteiger partial charge on any atom is -0.390 e. The molecule has 0 aliphatic rings. The second kappa shape index (κ2) is 5.26. The third-order valence-electron chi connectivity index (χ3n) is 3.09. The lowest BCUT2D eigenvalue weighted by molar-refractivity contribution is 0.272. The highest BCUT2D eigenvalue weighted by molar-refractivity contribution is 7.92. The van der Waals surface area contributed by atoms with E-state index in [0.29, 0.717) is 5.69 Å². The number of aromatic nitrogens is 1. The maximum Gasteiger partial charge on any atom is 0.265 e. The van der Waals surface area contributed by atoms with Gasteiger partial charge in [-0.2, -0.15) is 0 Å². The average molecular weight is 298 g/mol. The summed E-state index contributed by atoms with van der Waals surface area (Å²) in [5.41, 5.74) is 0.437. The van der Waals surface area contributed by atoms with Crippen LogP contribution in [0.4, 0.5) is 10.1 Å². The predicted octanol–water partition coefficient (Wildman–Crippen LogP) is 1.48. The Labute approximate surface area is 116 Å². The lowest BCUT2D eigenvalue weighted by Gasteiger charge is -2.19. The Kier molecular flexibility index (Phi) is 3.82. The van der Waals surface area contributed by atoms with Crippen molar-refractivity contribution in [3.8, 4) is 0 Å². The molecule has 5 nitrogen and oxygen atoms in total. The fourth-order valence-electron chi connectivity index (χ4n) is 1.87. The van der Waals surface area contributed by atoms with E-state index in [9.17, 15) is 12.8 Å². The third kappa shape index (κ3) is 2.41. The molecule has 0 aliphatic heterocycles. The SMILES string of the molecule is CN(c1ccccc1F)S(=O)(=O)c1cc(CO)n(C)c1. The number of benzene rings is 1. The van der Waals surface area contributed by atoms with Gasteiger partial charge in [-0.1, -0.05) is 12.1 Å². The minimum atomic E-state index is -3.86. The Balaban J connectivity index is 2.47. The van der Waals surface area contributed by atoms with Crippen molar-refractivity contribution in [1.82, 2.24) is 4.57 Å². The third-order valence-corrected chi connectivity index (χ3v) is 4.83. The largest absolute Gasteiger partial charge is 0.390 e. The molecule has 0 bridgehead atoms. The lowest BCUT2D eigenvalue weighted by atomic mass is 10.3. The molecule has 108 valence electrons. The molecular formula is C13H15FN2O3S. The zero-order chi connectivity index (χ0) is 14.9. The van der Waals surface area contributed by atoms with E-state index in [1.165, 1.54) is 42.1 Å². The van der Waals surface area contributed by atoms with E-state index in [4.69, 9.17) is 5.11 Å². The summed E-state index contributed by atoms with van der Waals surface area (Å²) in [7, 11) is -0.941. The number of hydrogen-bond acceptors (Lipinski definition) is 3. The fraction of sp³-hybridized carbons (Fsp3) is 0.231. The van der Waals surface area contributed by atoms with E-state index >= 15 is 0 Å². The molecule has 0 atom stereocenters. The van der Waals surface area contributed by atoms with Gasteiger partial charge in [0.15, 0.2) is 0 Å². The molecule has 0 saturated heterocycles. The van der Waals surface area contributed by atoms with Gasteiger partial charge in [0, 0.05) is 26.0 Å². The van der Waals surface area contributed by atoms with Gasteiger partial charge in [0.05, 0.1) is 12.3 Å². The maximum atomic E-state index is 13.7. The molecule has 0 unspecified atom stereocenters. The smallest absolute Gasteiger partial charge is 0.265 e. The van der Waals surface area contributed by atoms with E-state index in [-0.39, 0.29) is 17.2 Å². The highest BCUT2D eigenvalue weighted by Gasteiger charge is 2.25. The number of aryl methyl sites for hydroxylation is 1. The molecule has 1 aromatic heterocycles. The number of anilines is 1. The first-order chi connectivity index (χ1) is 9.37. The number of rotatable bonds is 4. The molecule has 0 saturated carbocycles. The molecule has 7 heteroatoms. The van der Waals surface area contributed by atoms with Crippen molar-refractivity contribution in [2.24, 2.45) is 7.05 Å². The number of nitrogens with zero attached hydrogens (tertiary/aromatic N) is 2. The molecule has 20 heavy (non-hydrogen) atoms. The number of aliphatic hydroxyl groups is 1. The van der Waals surface area contributed by atoms with Gasteiger partial charge < -0.3 is 9.67 Å². The van der Waals surface area contributed by atoms with Crippen molar-refractivity contribution in [2.75, 3.05) is 11.4 Å². The van der Waals surface area contributed by atoms with Gasteiger partial charge in [0.25, 0.3) is 10.0 Å². The number of para-hydroxylation sites is 1. The molecule has 0 spiro atoms. The first-order valence-electron chi connectivity index (χ1n) is 5.87. The van der Waals surface area contributed by atoms with Crippen LogP contribution in [0.25, 0.3) is 0 Å². The van der Waals surface area contributed by atoms with Gasteiger partial charge in [0.2, 0.25) is 0 Å². The highest BCUT2D eigenvalue weighted by atomic mass is 32.2. The van der Waals surface area contributed by atoms with Gasteiger partial charge in [-0.15, -0.1) is 0 Å². The van der Waals surface area contributed by atoms with E-state index in [2.05, 4.69) is 0 Å². The van der Waals surface area contributed by atoms with E-state index in [1.54, 1.807) is 13.1 Å². The van der Waals surface area contributed by atoms with Crippen LogP contribution < -0.4 is 4.31 Å². The molecular weight excluding hydrogens is 283 g/mol. The van der Waals surface area contributed by atoms with Crippen LogP contribution in [0.15, 0.2) is 41.4 Å². The fourth-order valence-corrected chi connectivity index (χ4v) is 3.17. The molecule has 2 rings (SSSR count). The summed E-state index contributed by atoms with van der Waals surface area (Å²) in [5, 5.41) is 9.11. The Morgan fingerprint density at radius 1 is 1.35 bits per heavy atom. The summed E-state index contributed by atoms with van der Waals surface area (Å²) >= 11 is 0. The first kappa shape index (κ1) is 14.5. The molecule has 1 heterocycles. The standard InChI is InChI=1S/C13H15FN2O3S/c1-15-8-11(7-10(15)9-17)20(18,19)16(2)13-6-4-3-5-12(13)14/h3-8,17H,9H2,1-2H3. The quantitative estimate of drug-likeness (QED) is 0.930. The first-order valence-corrected chi connectivity index (χ1v) is 7.31. The van der Waals surface area contributed by atoms with Gasteiger partial charge in [-0.05, 0) is 18.2 Å². The van der Waals surface area contributed by atoms with Crippen LogP contribution in [0.5, 0.6) is 0 Å². The van der Waals surface area contributed by atoms with E-state index in [1.807, 2.05) is 0 Å². The second-order valence-electron chi connectivity index (χ2n) is 4.36. The molecule has 0 amide bonds. The summed E-state index contributed by atoms with van der Waals surface area (Å²) in [5.74, 6) is -0.614. The number of sulfonamides is 1. The lowest BCUT2D eigenvalue weighted by Crippen LogP contribution is -2.27. The topological polar surface area (TPSA) is 62.5 Å². The Morgan fingerprint density at radius 3 is 2.55 bits per heavy atom. The normalized spacial score (nSPS) is 11.6. The molecule has 1 N–H and O–H groups in total. The van der Waals surface area contributed by atoms with Crippen molar-refractivity contribution in [1.29, 1.82) is 0 Å². The van der Waals surface area contributed by atoms with Crippen LogP contribution in [0, 0.1) is 5.82 Å². The zero-order valence-electron chi connectivity index (χ0n) is 11.1. The van der Waals surface area contributed by atoms with Crippen molar-refractivity contribution >= 4 is 15.7 Å². The monoisotopic (exact) mass is 298 g/mol. The molecule has 0 radical (unpaired) electrons. The molecule has 0 aliphatic carbocycles. The van der Waals surface area contributed by atoms with Crippen molar-refractivity contribution in [3.63, 3.8) is 0 Å². The van der Waals surface area contributed by atoms with Gasteiger partial charge in [-0.3, -0.25) is 4.31 Å². The summed E-state index contributed by atoms with van der Waals surface area (Å²) in [6, 6.07) is 7.02. The summed E-state index contributed by atoms with van der Waals surface area (Å²) in [6.07, 6.45) is 1.39. The van der Waals surface area contributed by atoms with Crippen LogP contribution in [0.2, 0.25) is 0 Å². The molecule has 1 aromatic carbocycles. The van der Waals surface area contributed by atoms with Gasteiger partial charge >= 0.3 is 0 Å². The summed E-state index contributed by atoms with van der Waals surface area (Å²) in [6.45, 7) is -0.268. The van der Waals surface area contributed by atoms with E-state index < -0.39 is 15.8 Å². The van der Waals surface area contributed by atoms with Gasteiger partial charge in [-0.25, -0.2) is 12.8 Å². The Morgan fingerprint density at radius 2 is 2.00 bits per heavy atom. The maximum absolute atomic E-state index is 13.7.